The standard InChI is InChI=1S/C18H15P.C8H11P/c1-4-10-16(11-5-1)19(17-12-6-2-7-13-17)18-14-8-3-9-15-18;1-9(2)8-6-4-3-5-7-8/h1-15H;3-7H,1-2H3. The van der Waals surface area contributed by atoms with Crippen molar-refractivity contribution in [2.45, 2.75) is 0 Å². The molecule has 0 unspecified atom stereocenters. The third-order valence-corrected chi connectivity index (χ3v) is 8.09. The first-order valence-electron chi connectivity index (χ1n) is 9.43. The molecule has 0 aromatic heterocycles. The lowest BCUT2D eigenvalue weighted by Gasteiger charge is -2.18. The Morgan fingerprint density at radius 2 is 0.607 bits per heavy atom. The fraction of sp³-hybridized carbons (Fsp3) is 0.0769. The summed E-state index contributed by atoms with van der Waals surface area (Å²) in [5, 5.41) is 5.67. The molecule has 0 nitrogen and oxygen atoms in total. The third kappa shape index (κ3) is 5.87. The molecule has 2 heteroatoms. The van der Waals surface area contributed by atoms with Crippen LogP contribution in [0.15, 0.2) is 121 Å². The van der Waals surface area contributed by atoms with Crippen molar-refractivity contribution < 1.29 is 0 Å². The zero-order valence-electron chi connectivity index (χ0n) is 16.4. The summed E-state index contributed by atoms with van der Waals surface area (Å²) in [4.78, 5) is 0. The lowest BCUT2D eigenvalue weighted by molar-refractivity contribution is 1.74. The Kier molecular flexibility index (Phi) is 7.98. The van der Waals surface area contributed by atoms with Crippen LogP contribution in [0, 0.1) is 0 Å². The molecular formula is C26H26P2. The number of hydrogen-bond acceptors (Lipinski definition) is 0. The summed E-state index contributed by atoms with van der Waals surface area (Å²) in [6.45, 7) is 4.54. The maximum atomic E-state index is 2.27. The van der Waals surface area contributed by atoms with E-state index >= 15 is 0 Å². The van der Waals surface area contributed by atoms with Gasteiger partial charge in [0.05, 0.1) is 0 Å². The van der Waals surface area contributed by atoms with Crippen LogP contribution in [0.5, 0.6) is 0 Å². The molecule has 0 aliphatic carbocycles. The fourth-order valence-corrected chi connectivity index (χ4v) is 5.98. The van der Waals surface area contributed by atoms with Gasteiger partial charge in [0.25, 0.3) is 0 Å². The Morgan fingerprint density at radius 3 is 0.821 bits per heavy atom. The van der Waals surface area contributed by atoms with E-state index in [1.54, 1.807) is 0 Å². The van der Waals surface area contributed by atoms with Crippen LogP contribution in [0.4, 0.5) is 0 Å². The van der Waals surface area contributed by atoms with Crippen LogP contribution in [0.25, 0.3) is 0 Å². The van der Waals surface area contributed by atoms with Gasteiger partial charge < -0.3 is 0 Å². The van der Waals surface area contributed by atoms with Gasteiger partial charge in [-0.3, -0.25) is 0 Å². The SMILES string of the molecule is CP(C)c1ccccc1.c1ccc(P(c2ccccc2)c2ccccc2)cc1. The molecular weight excluding hydrogens is 374 g/mol. The van der Waals surface area contributed by atoms with E-state index in [1.807, 2.05) is 0 Å². The maximum Gasteiger partial charge on any atom is -0.0134 e. The molecule has 0 atom stereocenters. The van der Waals surface area contributed by atoms with Crippen LogP contribution in [0.3, 0.4) is 0 Å². The molecule has 0 radical (unpaired) electrons. The van der Waals surface area contributed by atoms with Crippen molar-refractivity contribution in [3.8, 4) is 0 Å². The summed E-state index contributed by atoms with van der Waals surface area (Å²) in [7, 11) is -0.342. The third-order valence-electron chi connectivity index (χ3n) is 4.32. The van der Waals surface area contributed by atoms with Gasteiger partial charge in [-0.25, -0.2) is 0 Å². The molecule has 140 valence electrons. The van der Waals surface area contributed by atoms with Gasteiger partial charge in [0.15, 0.2) is 0 Å². The van der Waals surface area contributed by atoms with Gasteiger partial charge in [0.1, 0.15) is 0 Å². The summed E-state index contributed by atoms with van der Waals surface area (Å²) in [5.74, 6) is 0. The minimum absolute atomic E-state index is 0.104. The van der Waals surface area contributed by atoms with Crippen molar-refractivity contribution >= 4 is 37.1 Å². The fourth-order valence-electron chi connectivity index (χ4n) is 2.90. The average molecular weight is 400 g/mol. The first-order chi connectivity index (χ1) is 13.8. The summed E-state index contributed by atoms with van der Waals surface area (Å²) < 4.78 is 0. The zero-order chi connectivity index (χ0) is 19.6. The van der Waals surface area contributed by atoms with Gasteiger partial charge in [-0.05, 0) is 42.5 Å². The van der Waals surface area contributed by atoms with E-state index < -0.39 is 7.92 Å². The molecule has 0 saturated heterocycles. The molecule has 4 aromatic rings. The summed E-state index contributed by atoms with van der Waals surface area (Å²) in [6, 6.07) is 42.9. The van der Waals surface area contributed by atoms with E-state index in [0.29, 0.717) is 0 Å². The molecule has 0 amide bonds. The highest BCUT2D eigenvalue weighted by atomic mass is 31.1. The first-order valence-corrected chi connectivity index (χ1v) is 13.0. The molecule has 0 fully saturated rings. The van der Waals surface area contributed by atoms with E-state index in [2.05, 4.69) is 135 Å². The van der Waals surface area contributed by atoms with Crippen LogP contribution in [-0.2, 0) is 0 Å². The van der Waals surface area contributed by atoms with E-state index in [0.717, 1.165) is 0 Å². The van der Waals surface area contributed by atoms with E-state index in [1.165, 1.54) is 21.2 Å². The van der Waals surface area contributed by atoms with Crippen molar-refractivity contribution in [2.75, 3.05) is 13.3 Å². The second-order valence-corrected chi connectivity index (χ2v) is 11.1. The smallest absolute Gasteiger partial charge is 0.0134 e. The second kappa shape index (κ2) is 10.9. The van der Waals surface area contributed by atoms with Crippen molar-refractivity contribution in [3.05, 3.63) is 121 Å². The lowest BCUT2D eigenvalue weighted by atomic mass is 10.4. The summed E-state index contributed by atoms with van der Waals surface area (Å²) in [6.07, 6.45) is 0. The zero-order valence-corrected chi connectivity index (χ0v) is 18.2. The number of hydrogen-bond donors (Lipinski definition) is 0. The van der Waals surface area contributed by atoms with E-state index in [-0.39, 0.29) is 7.92 Å². The van der Waals surface area contributed by atoms with Crippen LogP contribution in [0.2, 0.25) is 0 Å². The van der Waals surface area contributed by atoms with Crippen molar-refractivity contribution in [3.63, 3.8) is 0 Å². The van der Waals surface area contributed by atoms with Crippen molar-refractivity contribution in [1.82, 2.24) is 0 Å². The molecule has 0 spiro atoms. The Labute approximate surface area is 171 Å². The molecule has 4 aromatic carbocycles. The van der Waals surface area contributed by atoms with Gasteiger partial charge in [0, 0.05) is 0 Å². The van der Waals surface area contributed by atoms with Gasteiger partial charge in [-0.1, -0.05) is 129 Å². The van der Waals surface area contributed by atoms with E-state index in [9.17, 15) is 0 Å². The van der Waals surface area contributed by atoms with Gasteiger partial charge >= 0.3 is 0 Å². The summed E-state index contributed by atoms with van der Waals surface area (Å²) in [5.41, 5.74) is 0. The first kappa shape index (κ1) is 20.5. The predicted molar refractivity (Wildman–Crippen MR) is 130 cm³/mol. The topological polar surface area (TPSA) is 0 Å². The number of benzene rings is 4. The quantitative estimate of drug-likeness (QED) is 0.397. The van der Waals surface area contributed by atoms with Crippen LogP contribution in [-0.4, -0.2) is 13.3 Å². The molecule has 0 bridgehead atoms. The predicted octanol–water partition coefficient (Wildman–Crippen LogP) is 5.50. The average Bonchev–Trinajstić information content (AvgIpc) is 2.77. The summed E-state index contributed by atoms with van der Waals surface area (Å²) >= 11 is 0. The Bertz CT molecular complexity index is 827. The molecule has 4 rings (SSSR count). The Balaban J connectivity index is 0.000000211. The Hall–Kier alpha value is -2.26. The molecule has 0 aliphatic rings. The highest BCUT2D eigenvalue weighted by Crippen LogP contribution is 2.32. The molecule has 0 saturated carbocycles. The normalized spacial score (nSPS) is 10.4. The van der Waals surface area contributed by atoms with Gasteiger partial charge in [0.2, 0.25) is 0 Å². The van der Waals surface area contributed by atoms with Crippen molar-refractivity contribution in [1.29, 1.82) is 0 Å². The van der Waals surface area contributed by atoms with Crippen LogP contribution < -0.4 is 21.2 Å². The van der Waals surface area contributed by atoms with Crippen LogP contribution in [0.1, 0.15) is 0 Å². The van der Waals surface area contributed by atoms with Gasteiger partial charge in [-0.15, -0.1) is 0 Å². The highest BCUT2D eigenvalue weighted by molar-refractivity contribution is 7.79. The molecule has 0 N–H and O–H groups in total. The molecule has 28 heavy (non-hydrogen) atoms. The second-order valence-electron chi connectivity index (χ2n) is 6.57. The maximum absolute atomic E-state index is 2.27. The Morgan fingerprint density at radius 1 is 0.357 bits per heavy atom. The monoisotopic (exact) mass is 400 g/mol. The lowest BCUT2D eigenvalue weighted by Crippen LogP contribution is -2.20. The van der Waals surface area contributed by atoms with E-state index in [4.69, 9.17) is 0 Å². The minimum atomic E-state index is -0.446. The molecule has 0 heterocycles. The largest absolute Gasteiger partial charge is 0.0817 e. The van der Waals surface area contributed by atoms with Crippen LogP contribution >= 0.6 is 15.8 Å². The minimum Gasteiger partial charge on any atom is -0.0817 e. The van der Waals surface area contributed by atoms with Gasteiger partial charge in [-0.2, -0.15) is 0 Å². The highest BCUT2D eigenvalue weighted by Gasteiger charge is 2.14. The number of rotatable bonds is 4. The molecule has 0 aliphatic heterocycles. The van der Waals surface area contributed by atoms with Crippen molar-refractivity contribution in [2.24, 2.45) is 0 Å².